The van der Waals surface area contributed by atoms with E-state index in [1.807, 2.05) is 67.8 Å². The van der Waals surface area contributed by atoms with Gasteiger partial charge >= 0.3 is 5.97 Å². The number of carbonyl (C=O) groups is 2. The van der Waals surface area contributed by atoms with Gasteiger partial charge < -0.3 is 14.5 Å². The maximum Gasteiger partial charge on any atom is 0.338 e. The number of amides is 1. The fourth-order valence-electron chi connectivity index (χ4n) is 4.04. The number of benzene rings is 3. The molecule has 198 valence electrons. The topological polar surface area (TPSA) is 106 Å². The molecule has 0 aliphatic heterocycles. The number of imidazole rings is 1. The van der Waals surface area contributed by atoms with Gasteiger partial charge in [-0.15, -0.1) is 11.3 Å². The van der Waals surface area contributed by atoms with Gasteiger partial charge in [-0.2, -0.15) is 0 Å². The van der Waals surface area contributed by atoms with Crippen molar-refractivity contribution in [3.05, 3.63) is 83.2 Å². The predicted octanol–water partition coefficient (Wildman–Crippen LogP) is 6.63. The van der Waals surface area contributed by atoms with E-state index >= 15 is 0 Å². The summed E-state index contributed by atoms with van der Waals surface area (Å²) >= 11 is 1.31. The molecule has 0 bridgehead atoms. The van der Waals surface area contributed by atoms with Crippen LogP contribution in [0.5, 0.6) is 5.75 Å². The van der Waals surface area contributed by atoms with Crippen molar-refractivity contribution in [2.24, 2.45) is 0 Å². The molecule has 0 fully saturated rings. The SMILES string of the molecule is CCOc1ccc(-c2csc(NC(=O)C(CC)OC(=O)c3ccc4nc(-c5ccc(C)cc5)[nH]c4c3)n2)cc1. The van der Waals surface area contributed by atoms with E-state index in [-0.39, 0.29) is 0 Å². The van der Waals surface area contributed by atoms with Gasteiger partial charge in [-0.25, -0.2) is 14.8 Å². The van der Waals surface area contributed by atoms with Crippen molar-refractivity contribution in [2.45, 2.75) is 33.3 Å². The number of nitrogens with one attached hydrogen (secondary N) is 2. The maximum atomic E-state index is 12.9. The molecule has 5 rings (SSSR count). The molecule has 39 heavy (non-hydrogen) atoms. The molecule has 1 amide bonds. The van der Waals surface area contributed by atoms with E-state index in [9.17, 15) is 9.59 Å². The first-order valence-electron chi connectivity index (χ1n) is 12.7. The van der Waals surface area contributed by atoms with Crippen LogP contribution in [0.15, 0.2) is 72.1 Å². The summed E-state index contributed by atoms with van der Waals surface area (Å²) in [6.45, 7) is 6.35. The molecule has 8 nitrogen and oxygen atoms in total. The Labute approximate surface area is 230 Å². The van der Waals surface area contributed by atoms with E-state index in [0.29, 0.717) is 29.2 Å². The molecule has 9 heteroatoms. The Morgan fingerprint density at radius 2 is 1.72 bits per heavy atom. The second-order valence-corrected chi connectivity index (χ2v) is 9.83. The number of nitrogens with zero attached hydrogens (tertiary/aromatic N) is 2. The van der Waals surface area contributed by atoms with Gasteiger partial charge in [0, 0.05) is 16.5 Å². The van der Waals surface area contributed by atoms with Crippen LogP contribution in [0.2, 0.25) is 0 Å². The Bertz CT molecular complexity index is 1610. The number of hydrogen-bond donors (Lipinski definition) is 2. The third-order valence-corrected chi connectivity index (χ3v) is 6.91. The molecule has 0 saturated carbocycles. The minimum atomic E-state index is -0.962. The van der Waals surface area contributed by atoms with Gasteiger partial charge in [0.1, 0.15) is 11.6 Å². The number of anilines is 1. The monoisotopic (exact) mass is 540 g/mol. The molecule has 1 atom stereocenters. The summed E-state index contributed by atoms with van der Waals surface area (Å²) < 4.78 is 11.1. The average molecular weight is 541 g/mol. The van der Waals surface area contributed by atoms with Gasteiger partial charge in [-0.1, -0.05) is 36.8 Å². The largest absolute Gasteiger partial charge is 0.494 e. The summed E-state index contributed by atoms with van der Waals surface area (Å²) in [5, 5.41) is 5.07. The minimum absolute atomic E-state index is 0.318. The number of hydrogen-bond acceptors (Lipinski definition) is 7. The Kier molecular flexibility index (Phi) is 7.69. The van der Waals surface area contributed by atoms with Crippen molar-refractivity contribution >= 4 is 39.4 Å². The Morgan fingerprint density at radius 3 is 2.44 bits per heavy atom. The van der Waals surface area contributed by atoms with Crippen LogP contribution < -0.4 is 10.1 Å². The highest BCUT2D eigenvalue weighted by Gasteiger charge is 2.23. The predicted molar refractivity (Wildman–Crippen MR) is 153 cm³/mol. The molecule has 0 radical (unpaired) electrons. The van der Waals surface area contributed by atoms with Crippen molar-refractivity contribution < 1.29 is 19.1 Å². The van der Waals surface area contributed by atoms with E-state index in [4.69, 9.17) is 9.47 Å². The minimum Gasteiger partial charge on any atom is -0.494 e. The third-order valence-electron chi connectivity index (χ3n) is 6.15. The Hall–Kier alpha value is -4.50. The first-order chi connectivity index (χ1) is 18.9. The number of H-pyrrole nitrogens is 1. The van der Waals surface area contributed by atoms with E-state index in [1.54, 1.807) is 25.1 Å². The number of esters is 1. The molecule has 0 aliphatic carbocycles. The number of aryl methyl sites for hydroxylation is 1. The van der Waals surface area contributed by atoms with E-state index < -0.39 is 18.0 Å². The first-order valence-corrected chi connectivity index (χ1v) is 13.6. The fraction of sp³-hybridized carbons (Fsp3) is 0.200. The van der Waals surface area contributed by atoms with Crippen LogP contribution in [-0.2, 0) is 9.53 Å². The Balaban J connectivity index is 1.24. The molecule has 3 aromatic carbocycles. The first kappa shape index (κ1) is 26.1. The van der Waals surface area contributed by atoms with Crippen molar-refractivity contribution in [3.63, 3.8) is 0 Å². The summed E-state index contributed by atoms with van der Waals surface area (Å²) in [6.07, 6.45) is -0.644. The molecule has 2 aromatic heterocycles. The number of ether oxygens (including phenoxy) is 2. The summed E-state index contributed by atoms with van der Waals surface area (Å²) in [5.74, 6) is 0.493. The average Bonchev–Trinajstić information content (AvgIpc) is 3.59. The zero-order valence-electron chi connectivity index (χ0n) is 21.9. The van der Waals surface area contributed by atoms with Crippen LogP contribution in [0.4, 0.5) is 5.13 Å². The standard InChI is InChI=1S/C30H28N4O4S/c1-4-26(28(35)34-30-33-25(17-39-30)19-10-13-22(14-11-19)37-5-2)38-29(36)21-12-15-23-24(16-21)32-27(31-23)20-8-6-18(3)7-9-20/h6-17,26H,4-5H2,1-3H3,(H,31,32)(H,33,34,35). The molecular formula is C30H28N4O4S. The van der Waals surface area contributed by atoms with Gasteiger partial charge in [-0.05, 0) is 62.7 Å². The highest BCUT2D eigenvalue weighted by atomic mass is 32.1. The van der Waals surface area contributed by atoms with E-state index in [0.717, 1.165) is 39.5 Å². The lowest BCUT2D eigenvalue weighted by Crippen LogP contribution is -2.32. The number of rotatable bonds is 9. The van der Waals surface area contributed by atoms with Gasteiger partial charge in [0.15, 0.2) is 11.2 Å². The van der Waals surface area contributed by atoms with E-state index in [1.165, 1.54) is 11.3 Å². The smallest absolute Gasteiger partial charge is 0.338 e. The molecule has 0 aliphatic rings. The highest BCUT2D eigenvalue weighted by Crippen LogP contribution is 2.27. The van der Waals surface area contributed by atoms with Crippen molar-refractivity contribution in [2.75, 3.05) is 11.9 Å². The zero-order chi connectivity index (χ0) is 27.4. The van der Waals surface area contributed by atoms with Gasteiger partial charge in [-0.3, -0.25) is 10.1 Å². The molecular weight excluding hydrogens is 512 g/mol. The van der Waals surface area contributed by atoms with Crippen LogP contribution in [0.25, 0.3) is 33.7 Å². The van der Waals surface area contributed by atoms with Crippen LogP contribution in [0, 0.1) is 6.92 Å². The number of aromatic amines is 1. The molecule has 2 heterocycles. The molecule has 0 spiro atoms. The second-order valence-electron chi connectivity index (χ2n) is 8.97. The van der Waals surface area contributed by atoms with E-state index in [2.05, 4.69) is 20.3 Å². The molecule has 2 N–H and O–H groups in total. The van der Waals surface area contributed by atoms with Crippen molar-refractivity contribution in [1.82, 2.24) is 15.0 Å². The fourth-order valence-corrected chi connectivity index (χ4v) is 4.77. The molecule has 0 saturated heterocycles. The number of aromatic nitrogens is 3. The van der Waals surface area contributed by atoms with Crippen LogP contribution in [0.1, 0.15) is 36.2 Å². The number of thiazole rings is 1. The summed E-state index contributed by atoms with van der Waals surface area (Å²) in [7, 11) is 0. The normalized spacial score (nSPS) is 11.8. The lowest BCUT2D eigenvalue weighted by atomic mass is 10.1. The maximum absolute atomic E-state index is 12.9. The van der Waals surface area contributed by atoms with Crippen molar-refractivity contribution in [3.8, 4) is 28.4 Å². The van der Waals surface area contributed by atoms with Gasteiger partial charge in [0.2, 0.25) is 0 Å². The summed E-state index contributed by atoms with van der Waals surface area (Å²) in [4.78, 5) is 38.2. The molecule has 5 aromatic rings. The van der Waals surface area contributed by atoms with Crippen LogP contribution in [0.3, 0.4) is 0 Å². The number of carbonyl (C=O) groups excluding carboxylic acids is 2. The Morgan fingerprint density at radius 1 is 0.974 bits per heavy atom. The third kappa shape index (κ3) is 5.99. The number of fused-ring (bicyclic) bond motifs is 1. The van der Waals surface area contributed by atoms with Crippen LogP contribution in [-0.4, -0.2) is 39.5 Å². The summed E-state index contributed by atoms with van der Waals surface area (Å²) in [5.41, 5.74) is 5.55. The summed E-state index contributed by atoms with van der Waals surface area (Å²) in [6, 6.07) is 20.7. The lowest BCUT2D eigenvalue weighted by molar-refractivity contribution is -0.124. The highest BCUT2D eigenvalue weighted by molar-refractivity contribution is 7.14. The second kappa shape index (κ2) is 11.5. The zero-order valence-corrected chi connectivity index (χ0v) is 22.7. The van der Waals surface area contributed by atoms with Crippen LogP contribution >= 0.6 is 11.3 Å². The quantitative estimate of drug-likeness (QED) is 0.203. The van der Waals surface area contributed by atoms with Crippen molar-refractivity contribution in [1.29, 1.82) is 0 Å². The lowest BCUT2D eigenvalue weighted by Gasteiger charge is -2.15. The molecule has 1 unspecified atom stereocenters. The van der Waals surface area contributed by atoms with Gasteiger partial charge in [0.05, 0.1) is 28.9 Å². The van der Waals surface area contributed by atoms with Gasteiger partial charge in [0.25, 0.3) is 5.91 Å².